The Labute approximate surface area is 155 Å². The molecule has 0 bridgehead atoms. The zero-order valence-electron chi connectivity index (χ0n) is 14.6. The highest BCUT2D eigenvalue weighted by atomic mass is 32.2. The van der Waals surface area contributed by atoms with Crippen molar-refractivity contribution < 1.29 is 9.18 Å². The Hall–Kier alpha value is -2.67. The molecule has 3 rings (SSSR count). The van der Waals surface area contributed by atoms with Gasteiger partial charge < -0.3 is 5.32 Å². The van der Waals surface area contributed by atoms with E-state index >= 15 is 0 Å². The van der Waals surface area contributed by atoms with Crippen molar-refractivity contribution in [2.75, 3.05) is 12.3 Å². The second-order valence-electron chi connectivity index (χ2n) is 5.70. The lowest BCUT2D eigenvalue weighted by atomic mass is 10.2. The zero-order valence-corrected chi connectivity index (χ0v) is 15.4. The third-order valence-electron chi connectivity index (χ3n) is 3.75. The summed E-state index contributed by atoms with van der Waals surface area (Å²) in [5.41, 5.74) is 2.30. The molecule has 0 atom stereocenters. The molecule has 26 heavy (non-hydrogen) atoms. The van der Waals surface area contributed by atoms with Gasteiger partial charge in [0, 0.05) is 12.2 Å². The lowest BCUT2D eigenvalue weighted by Crippen LogP contribution is -2.24. The van der Waals surface area contributed by atoms with Gasteiger partial charge in [0.2, 0.25) is 5.91 Å². The number of nitrogens with zero attached hydrogens (tertiary/aromatic N) is 3. The maximum absolute atomic E-state index is 14.3. The number of nitrogens with one attached hydrogen (secondary N) is 1. The van der Waals surface area contributed by atoms with Gasteiger partial charge in [-0.3, -0.25) is 9.36 Å². The first-order chi connectivity index (χ1) is 12.6. The molecule has 5 nitrogen and oxygen atoms in total. The summed E-state index contributed by atoms with van der Waals surface area (Å²) in [6, 6.07) is 14.3. The Morgan fingerprint density at radius 1 is 1.15 bits per heavy atom. The van der Waals surface area contributed by atoms with E-state index in [0.717, 1.165) is 11.3 Å². The van der Waals surface area contributed by atoms with E-state index in [0.29, 0.717) is 23.1 Å². The number of aryl methyl sites for hydroxylation is 1. The minimum Gasteiger partial charge on any atom is -0.356 e. The van der Waals surface area contributed by atoms with Crippen molar-refractivity contribution in [1.29, 1.82) is 0 Å². The van der Waals surface area contributed by atoms with E-state index in [1.165, 1.54) is 17.8 Å². The number of halogens is 1. The van der Waals surface area contributed by atoms with Gasteiger partial charge in [0.15, 0.2) is 11.0 Å². The predicted molar refractivity (Wildman–Crippen MR) is 101 cm³/mol. The zero-order chi connectivity index (χ0) is 18.5. The highest BCUT2D eigenvalue weighted by Crippen LogP contribution is 2.29. The molecule has 0 aliphatic carbocycles. The number of carbonyl (C=O) groups excluding carboxylic acids is 1. The van der Waals surface area contributed by atoms with Crippen LogP contribution in [0.1, 0.15) is 12.5 Å². The quantitative estimate of drug-likeness (QED) is 0.674. The Morgan fingerprint density at radius 3 is 2.58 bits per heavy atom. The summed E-state index contributed by atoms with van der Waals surface area (Å²) in [7, 11) is 0. The molecule has 0 saturated carbocycles. The fourth-order valence-corrected chi connectivity index (χ4v) is 3.27. The first kappa shape index (κ1) is 18.1. The average Bonchev–Trinajstić information content (AvgIpc) is 3.05. The number of hydrogen-bond acceptors (Lipinski definition) is 4. The minimum absolute atomic E-state index is 0.0802. The number of thioether (sulfide) groups is 1. The second kappa shape index (κ2) is 8.14. The SMILES string of the molecule is CCNC(=O)CSc1nnc(-c2ccccc2F)n1-c1ccc(C)cc1. The Kier molecular flexibility index (Phi) is 5.68. The third-order valence-corrected chi connectivity index (χ3v) is 4.68. The molecule has 1 N–H and O–H groups in total. The van der Waals surface area contributed by atoms with Crippen molar-refractivity contribution >= 4 is 17.7 Å². The molecular formula is C19H19FN4OS. The summed E-state index contributed by atoms with van der Waals surface area (Å²) in [6.07, 6.45) is 0. The lowest BCUT2D eigenvalue weighted by molar-refractivity contribution is -0.118. The Morgan fingerprint density at radius 2 is 1.88 bits per heavy atom. The van der Waals surface area contributed by atoms with E-state index in [1.807, 2.05) is 38.1 Å². The second-order valence-corrected chi connectivity index (χ2v) is 6.64. The van der Waals surface area contributed by atoms with Crippen LogP contribution in [-0.2, 0) is 4.79 Å². The van der Waals surface area contributed by atoms with Crippen molar-refractivity contribution in [1.82, 2.24) is 20.1 Å². The topological polar surface area (TPSA) is 59.8 Å². The van der Waals surface area contributed by atoms with Gasteiger partial charge >= 0.3 is 0 Å². The van der Waals surface area contributed by atoms with Gasteiger partial charge in [-0.2, -0.15) is 0 Å². The first-order valence-electron chi connectivity index (χ1n) is 8.27. The third kappa shape index (κ3) is 3.94. The smallest absolute Gasteiger partial charge is 0.230 e. The molecule has 0 saturated heterocycles. The van der Waals surface area contributed by atoms with Gasteiger partial charge in [0.05, 0.1) is 11.3 Å². The molecule has 7 heteroatoms. The molecule has 0 unspecified atom stereocenters. The lowest BCUT2D eigenvalue weighted by Gasteiger charge is -2.11. The summed E-state index contributed by atoms with van der Waals surface area (Å²) in [5.74, 6) is 0.178. The summed E-state index contributed by atoms with van der Waals surface area (Å²) >= 11 is 1.27. The number of aromatic nitrogens is 3. The van der Waals surface area contributed by atoms with E-state index in [4.69, 9.17) is 0 Å². The Bertz CT molecular complexity index is 908. The summed E-state index contributed by atoms with van der Waals surface area (Å²) in [4.78, 5) is 11.8. The molecule has 2 aromatic carbocycles. The molecule has 0 radical (unpaired) electrons. The number of hydrogen-bond donors (Lipinski definition) is 1. The van der Waals surface area contributed by atoms with Crippen molar-refractivity contribution in [3.05, 3.63) is 59.9 Å². The van der Waals surface area contributed by atoms with Crippen LogP contribution < -0.4 is 5.32 Å². The number of amides is 1. The van der Waals surface area contributed by atoms with Gasteiger partial charge in [-0.15, -0.1) is 10.2 Å². The van der Waals surface area contributed by atoms with Crippen molar-refractivity contribution in [2.24, 2.45) is 0 Å². The average molecular weight is 370 g/mol. The fraction of sp³-hybridized carbons (Fsp3) is 0.211. The van der Waals surface area contributed by atoms with Gasteiger partial charge in [0.1, 0.15) is 5.82 Å². The van der Waals surface area contributed by atoms with Crippen molar-refractivity contribution in [2.45, 2.75) is 19.0 Å². The molecule has 1 heterocycles. The molecule has 1 aromatic heterocycles. The molecule has 0 fully saturated rings. The van der Waals surface area contributed by atoms with Crippen LogP contribution >= 0.6 is 11.8 Å². The summed E-state index contributed by atoms with van der Waals surface area (Å²) in [5, 5.41) is 11.7. The predicted octanol–water partition coefficient (Wildman–Crippen LogP) is 3.61. The monoisotopic (exact) mass is 370 g/mol. The van der Waals surface area contributed by atoms with E-state index in [1.54, 1.807) is 22.8 Å². The molecule has 134 valence electrons. The van der Waals surface area contributed by atoms with Crippen LogP contribution in [-0.4, -0.2) is 33.0 Å². The van der Waals surface area contributed by atoms with E-state index in [2.05, 4.69) is 15.5 Å². The molecule has 1 amide bonds. The van der Waals surface area contributed by atoms with E-state index in [-0.39, 0.29) is 17.5 Å². The number of rotatable bonds is 6. The van der Waals surface area contributed by atoms with Gasteiger partial charge in [-0.1, -0.05) is 41.6 Å². The highest BCUT2D eigenvalue weighted by molar-refractivity contribution is 7.99. The van der Waals surface area contributed by atoms with Crippen LogP contribution in [0.25, 0.3) is 17.1 Å². The number of carbonyl (C=O) groups is 1. The maximum Gasteiger partial charge on any atom is 0.230 e. The molecular weight excluding hydrogens is 351 g/mol. The Balaban J connectivity index is 2.04. The molecule has 0 spiro atoms. The largest absolute Gasteiger partial charge is 0.356 e. The van der Waals surface area contributed by atoms with Gasteiger partial charge in [-0.25, -0.2) is 4.39 Å². The maximum atomic E-state index is 14.3. The van der Waals surface area contributed by atoms with Crippen LogP contribution in [0.3, 0.4) is 0 Å². The first-order valence-corrected chi connectivity index (χ1v) is 9.25. The van der Waals surface area contributed by atoms with Crippen molar-refractivity contribution in [3.63, 3.8) is 0 Å². The number of benzene rings is 2. The molecule has 0 aliphatic heterocycles. The highest BCUT2D eigenvalue weighted by Gasteiger charge is 2.19. The van der Waals surface area contributed by atoms with Crippen LogP contribution in [0, 0.1) is 12.7 Å². The summed E-state index contributed by atoms with van der Waals surface area (Å²) < 4.78 is 16.1. The van der Waals surface area contributed by atoms with Crippen LogP contribution in [0.4, 0.5) is 4.39 Å². The standard InChI is InChI=1S/C19H19FN4OS/c1-3-21-17(25)12-26-19-23-22-18(15-6-4-5-7-16(15)20)24(19)14-10-8-13(2)9-11-14/h4-11H,3,12H2,1-2H3,(H,21,25). The van der Waals surface area contributed by atoms with Crippen molar-refractivity contribution in [3.8, 4) is 17.1 Å². The molecule has 3 aromatic rings. The van der Waals surface area contributed by atoms with Crippen LogP contribution in [0.15, 0.2) is 53.7 Å². The minimum atomic E-state index is -0.367. The van der Waals surface area contributed by atoms with Gasteiger partial charge in [0.25, 0.3) is 0 Å². The molecule has 0 aliphatic rings. The fourth-order valence-electron chi connectivity index (χ4n) is 2.49. The van der Waals surface area contributed by atoms with E-state index in [9.17, 15) is 9.18 Å². The van der Waals surface area contributed by atoms with Crippen LogP contribution in [0.2, 0.25) is 0 Å². The van der Waals surface area contributed by atoms with Gasteiger partial charge in [-0.05, 0) is 38.1 Å². The summed E-state index contributed by atoms with van der Waals surface area (Å²) in [6.45, 7) is 4.44. The van der Waals surface area contributed by atoms with Crippen LogP contribution in [0.5, 0.6) is 0 Å². The van der Waals surface area contributed by atoms with E-state index < -0.39 is 0 Å². The normalized spacial score (nSPS) is 10.7.